The lowest BCUT2D eigenvalue weighted by molar-refractivity contribution is 0.619. The highest BCUT2D eigenvalue weighted by Crippen LogP contribution is 2.21. The van der Waals surface area contributed by atoms with Crippen LogP contribution in [0.1, 0.15) is 36.4 Å². The summed E-state index contributed by atoms with van der Waals surface area (Å²) in [6.07, 6.45) is 1.71. The van der Waals surface area contributed by atoms with E-state index in [1.165, 1.54) is 12.1 Å². The Morgan fingerprint density at radius 2 is 2.05 bits per heavy atom. The Bertz CT molecular complexity index is 607. The van der Waals surface area contributed by atoms with Gasteiger partial charge in [0.25, 0.3) is 0 Å². The van der Waals surface area contributed by atoms with Crippen LogP contribution in [0.2, 0.25) is 5.02 Å². The Labute approximate surface area is 123 Å². The Morgan fingerprint density at radius 1 is 1.30 bits per heavy atom. The summed E-state index contributed by atoms with van der Waals surface area (Å²) < 4.78 is 15.0. The van der Waals surface area contributed by atoms with E-state index in [-0.39, 0.29) is 5.82 Å². The molecule has 20 heavy (non-hydrogen) atoms. The molecule has 0 aliphatic carbocycles. The molecular formula is C15H19ClFN3. The van der Waals surface area contributed by atoms with E-state index in [1.807, 2.05) is 4.68 Å². The van der Waals surface area contributed by atoms with Gasteiger partial charge in [0, 0.05) is 22.8 Å². The molecule has 0 unspecified atom stereocenters. The maximum Gasteiger partial charge on any atom is 0.124 e. The van der Waals surface area contributed by atoms with Crippen molar-refractivity contribution in [3.8, 4) is 0 Å². The van der Waals surface area contributed by atoms with Crippen LogP contribution in [0.15, 0.2) is 18.2 Å². The smallest absolute Gasteiger partial charge is 0.124 e. The van der Waals surface area contributed by atoms with Crippen molar-refractivity contribution >= 4 is 11.6 Å². The fourth-order valence-corrected chi connectivity index (χ4v) is 2.67. The zero-order chi connectivity index (χ0) is 14.7. The Kier molecular flexibility index (Phi) is 4.78. The van der Waals surface area contributed by atoms with Crippen LogP contribution < -0.4 is 5.73 Å². The highest BCUT2D eigenvalue weighted by molar-refractivity contribution is 6.31. The predicted molar refractivity (Wildman–Crippen MR) is 79.4 cm³/mol. The lowest BCUT2D eigenvalue weighted by Gasteiger charge is -2.09. The summed E-state index contributed by atoms with van der Waals surface area (Å²) in [4.78, 5) is 0. The van der Waals surface area contributed by atoms with Crippen LogP contribution in [0, 0.1) is 5.82 Å². The van der Waals surface area contributed by atoms with Gasteiger partial charge in [-0.2, -0.15) is 5.10 Å². The van der Waals surface area contributed by atoms with Gasteiger partial charge in [0.2, 0.25) is 0 Å². The Balaban J connectivity index is 2.40. The summed E-state index contributed by atoms with van der Waals surface area (Å²) >= 11 is 6.08. The van der Waals surface area contributed by atoms with Crippen LogP contribution in [0.3, 0.4) is 0 Å². The minimum absolute atomic E-state index is 0.327. The Morgan fingerprint density at radius 3 is 2.60 bits per heavy atom. The zero-order valence-electron chi connectivity index (χ0n) is 11.8. The van der Waals surface area contributed by atoms with Gasteiger partial charge < -0.3 is 5.73 Å². The minimum Gasteiger partial charge on any atom is -0.326 e. The van der Waals surface area contributed by atoms with E-state index in [0.29, 0.717) is 18.1 Å². The second-order valence-electron chi connectivity index (χ2n) is 4.68. The number of nitrogens with two attached hydrogens (primary N) is 1. The van der Waals surface area contributed by atoms with E-state index in [9.17, 15) is 4.39 Å². The number of rotatable bonds is 5. The van der Waals surface area contributed by atoms with Gasteiger partial charge in [-0.05, 0) is 30.5 Å². The highest BCUT2D eigenvalue weighted by atomic mass is 35.5. The first-order valence-corrected chi connectivity index (χ1v) is 7.19. The summed E-state index contributed by atoms with van der Waals surface area (Å²) in [6, 6.07) is 4.45. The standard InChI is InChI=1S/C15H19ClFN3/c1-3-14-12(8-18)15(4-2)20(19-14)9-10-5-6-11(17)7-13(10)16/h5-7H,3-4,8-9,18H2,1-2H3. The largest absolute Gasteiger partial charge is 0.326 e. The number of benzene rings is 1. The van der Waals surface area contributed by atoms with Gasteiger partial charge in [-0.15, -0.1) is 0 Å². The van der Waals surface area contributed by atoms with Gasteiger partial charge in [0.15, 0.2) is 0 Å². The SMILES string of the molecule is CCc1nn(Cc2ccc(F)cc2Cl)c(CC)c1CN. The van der Waals surface area contributed by atoms with Gasteiger partial charge in [0.1, 0.15) is 5.82 Å². The van der Waals surface area contributed by atoms with Gasteiger partial charge in [-0.3, -0.25) is 4.68 Å². The molecule has 1 aromatic heterocycles. The fourth-order valence-electron chi connectivity index (χ4n) is 2.45. The van der Waals surface area contributed by atoms with Gasteiger partial charge in [-0.1, -0.05) is 31.5 Å². The van der Waals surface area contributed by atoms with E-state index < -0.39 is 0 Å². The van der Waals surface area contributed by atoms with Crippen LogP contribution in [0.25, 0.3) is 0 Å². The lowest BCUT2D eigenvalue weighted by Crippen LogP contribution is -2.08. The molecule has 3 nitrogen and oxygen atoms in total. The van der Waals surface area contributed by atoms with Crippen LogP contribution >= 0.6 is 11.6 Å². The number of nitrogens with zero attached hydrogens (tertiary/aromatic N) is 2. The number of aryl methyl sites for hydroxylation is 1. The first kappa shape index (κ1) is 15.0. The van der Waals surface area contributed by atoms with Gasteiger partial charge >= 0.3 is 0 Å². The average Bonchev–Trinajstić information content (AvgIpc) is 2.78. The van der Waals surface area contributed by atoms with Crippen molar-refractivity contribution in [1.29, 1.82) is 0 Å². The maximum absolute atomic E-state index is 13.1. The van der Waals surface area contributed by atoms with Crippen LogP contribution in [0.4, 0.5) is 4.39 Å². The first-order valence-electron chi connectivity index (χ1n) is 6.82. The molecule has 0 atom stereocenters. The molecule has 0 radical (unpaired) electrons. The average molecular weight is 296 g/mol. The van der Waals surface area contributed by atoms with Gasteiger partial charge in [0.05, 0.1) is 12.2 Å². The normalized spacial score (nSPS) is 11.1. The second-order valence-corrected chi connectivity index (χ2v) is 5.08. The molecule has 0 fully saturated rings. The van der Waals surface area contributed by atoms with Crippen molar-refractivity contribution in [3.05, 3.63) is 51.6 Å². The van der Waals surface area contributed by atoms with Crippen LogP contribution in [-0.4, -0.2) is 9.78 Å². The monoisotopic (exact) mass is 295 g/mol. The molecule has 2 N–H and O–H groups in total. The number of halogens is 2. The molecule has 0 saturated heterocycles. The molecule has 1 aromatic carbocycles. The molecule has 5 heteroatoms. The first-order chi connectivity index (χ1) is 9.60. The number of hydrogen-bond donors (Lipinski definition) is 1. The van der Waals surface area contributed by atoms with Crippen molar-refractivity contribution in [2.45, 2.75) is 39.8 Å². The molecule has 0 spiro atoms. The molecule has 108 valence electrons. The quantitative estimate of drug-likeness (QED) is 0.920. The maximum atomic E-state index is 13.1. The topological polar surface area (TPSA) is 43.8 Å². The van der Waals surface area contributed by atoms with Crippen molar-refractivity contribution in [2.75, 3.05) is 0 Å². The summed E-state index contributed by atoms with van der Waals surface area (Å²) in [5.74, 6) is -0.327. The third kappa shape index (κ3) is 2.86. The van der Waals surface area contributed by atoms with Crippen molar-refractivity contribution in [1.82, 2.24) is 9.78 Å². The van der Waals surface area contributed by atoms with E-state index in [0.717, 1.165) is 35.4 Å². The summed E-state index contributed by atoms with van der Waals surface area (Å²) in [7, 11) is 0. The summed E-state index contributed by atoms with van der Waals surface area (Å²) in [5, 5.41) is 5.04. The molecule has 2 rings (SSSR count). The van der Waals surface area contributed by atoms with E-state index in [4.69, 9.17) is 17.3 Å². The van der Waals surface area contributed by atoms with Gasteiger partial charge in [-0.25, -0.2) is 4.39 Å². The third-order valence-electron chi connectivity index (χ3n) is 3.46. The lowest BCUT2D eigenvalue weighted by atomic mass is 10.1. The summed E-state index contributed by atoms with van der Waals surface area (Å²) in [6.45, 7) is 5.17. The highest BCUT2D eigenvalue weighted by Gasteiger charge is 2.15. The Hall–Kier alpha value is -1.39. The number of aromatic nitrogens is 2. The molecule has 1 heterocycles. The molecule has 0 amide bonds. The fraction of sp³-hybridized carbons (Fsp3) is 0.400. The molecule has 0 saturated carbocycles. The van der Waals surface area contributed by atoms with E-state index in [2.05, 4.69) is 18.9 Å². The zero-order valence-corrected chi connectivity index (χ0v) is 12.5. The third-order valence-corrected chi connectivity index (χ3v) is 3.81. The number of hydrogen-bond acceptors (Lipinski definition) is 2. The van der Waals surface area contributed by atoms with Crippen molar-refractivity contribution in [3.63, 3.8) is 0 Å². The van der Waals surface area contributed by atoms with Crippen LogP contribution in [-0.2, 0) is 25.9 Å². The molecule has 0 aliphatic heterocycles. The summed E-state index contributed by atoms with van der Waals surface area (Å²) in [5.41, 5.74) is 9.97. The molecule has 0 bridgehead atoms. The molecule has 2 aromatic rings. The molecule has 0 aliphatic rings. The van der Waals surface area contributed by atoms with E-state index in [1.54, 1.807) is 6.07 Å². The second kappa shape index (κ2) is 6.37. The van der Waals surface area contributed by atoms with E-state index >= 15 is 0 Å². The van der Waals surface area contributed by atoms with Crippen molar-refractivity contribution in [2.24, 2.45) is 5.73 Å². The van der Waals surface area contributed by atoms with Crippen LogP contribution in [0.5, 0.6) is 0 Å². The minimum atomic E-state index is -0.327. The van der Waals surface area contributed by atoms with Crippen molar-refractivity contribution < 1.29 is 4.39 Å². The molecular weight excluding hydrogens is 277 g/mol. The predicted octanol–water partition coefficient (Wildman–Crippen LogP) is 3.31.